The highest BCUT2D eigenvalue weighted by molar-refractivity contribution is 7.98. The van der Waals surface area contributed by atoms with Crippen LogP contribution in [0, 0.1) is 0 Å². The molecule has 1 saturated heterocycles. The molecule has 0 radical (unpaired) electrons. The van der Waals surface area contributed by atoms with Crippen LogP contribution >= 0.6 is 11.8 Å². The fraction of sp³-hybridized carbons (Fsp3) is 0.421. The van der Waals surface area contributed by atoms with Gasteiger partial charge in [0.25, 0.3) is 0 Å². The zero-order valence-corrected chi connectivity index (χ0v) is 16.4. The largest absolute Gasteiger partial charge is 0.497 e. The second kappa shape index (κ2) is 8.14. The van der Waals surface area contributed by atoms with Crippen LogP contribution in [0.3, 0.4) is 0 Å². The number of hydrogen-bond acceptors (Lipinski definition) is 6. The summed E-state index contributed by atoms with van der Waals surface area (Å²) in [6.07, 6.45) is 6.17. The minimum Gasteiger partial charge on any atom is -0.497 e. The summed E-state index contributed by atoms with van der Waals surface area (Å²) in [5.74, 6) is 3.44. The van der Waals surface area contributed by atoms with E-state index in [1.807, 2.05) is 48.3 Å². The Morgan fingerprint density at radius 3 is 2.78 bits per heavy atom. The zero-order valence-electron chi connectivity index (χ0n) is 15.5. The first-order valence-corrected chi connectivity index (χ1v) is 10.0. The van der Waals surface area contributed by atoms with E-state index in [9.17, 15) is 0 Å². The van der Waals surface area contributed by atoms with Crippen molar-refractivity contribution in [3.8, 4) is 17.1 Å². The van der Waals surface area contributed by atoms with E-state index >= 15 is 0 Å². The average molecular weight is 385 g/mol. The summed E-state index contributed by atoms with van der Waals surface area (Å²) in [7, 11) is 3.67. The summed E-state index contributed by atoms with van der Waals surface area (Å²) in [4.78, 5) is 4.39. The molecule has 0 amide bonds. The van der Waals surface area contributed by atoms with Crippen molar-refractivity contribution in [3.05, 3.63) is 42.5 Å². The van der Waals surface area contributed by atoms with Crippen LogP contribution in [0.5, 0.6) is 5.75 Å². The summed E-state index contributed by atoms with van der Waals surface area (Å²) >= 11 is 1.65. The molecule has 0 unspecified atom stereocenters. The molecule has 0 spiro atoms. The van der Waals surface area contributed by atoms with Crippen LogP contribution in [-0.4, -0.2) is 44.1 Å². The average Bonchev–Trinajstić information content (AvgIpc) is 3.43. The van der Waals surface area contributed by atoms with Gasteiger partial charge in [0, 0.05) is 31.6 Å². The van der Waals surface area contributed by atoms with Crippen LogP contribution in [-0.2, 0) is 24.1 Å². The van der Waals surface area contributed by atoms with Gasteiger partial charge in [-0.1, -0.05) is 11.8 Å². The van der Waals surface area contributed by atoms with E-state index in [0.29, 0.717) is 0 Å². The Hall–Kier alpha value is -2.32. The summed E-state index contributed by atoms with van der Waals surface area (Å²) in [5, 5.41) is 9.82. The van der Waals surface area contributed by atoms with Crippen molar-refractivity contribution < 1.29 is 9.47 Å². The Morgan fingerprint density at radius 1 is 1.26 bits per heavy atom. The van der Waals surface area contributed by atoms with Crippen molar-refractivity contribution in [2.45, 2.75) is 36.4 Å². The van der Waals surface area contributed by atoms with Gasteiger partial charge < -0.3 is 14.0 Å². The van der Waals surface area contributed by atoms with Gasteiger partial charge in [0.15, 0.2) is 11.0 Å². The molecule has 0 N–H and O–H groups in total. The van der Waals surface area contributed by atoms with Gasteiger partial charge >= 0.3 is 0 Å². The highest BCUT2D eigenvalue weighted by Crippen LogP contribution is 2.29. The maximum absolute atomic E-state index is 5.86. The molecule has 0 saturated carbocycles. The minimum absolute atomic E-state index is 0.213. The normalized spacial score (nSPS) is 16.7. The van der Waals surface area contributed by atoms with Gasteiger partial charge in [-0.25, -0.2) is 4.98 Å². The summed E-state index contributed by atoms with van der Waals surface area (Å²) < 4.78 is 15.3. The number of aryl methyl sites for hydroxylation is 1. The van der Waals surface area contributed by atoms with Gasteiger partial charge in [-0.15, -0.1) is 10.2 Å². The monoisotopic (exact) mass is 385 g/mol. The van der Waals surface area contributed by atoms with Gasteiger partial charge in [0.05, 0.1) is 25.5 Å². The first-order valence-electron chi connectivity index (χ1n) is 9.03. The van der Waals surface area contributed by atoms with Gasteiger partial charge in [0.1, 0.15) is 11.6 Å². The molecule has 142 valence electrons. The number of hydrogen-bond donors (Lipinski definition) is 0. The van der Waals surface area contributed by atoms with Crippen LogP contribution in [0.2, 0.25) is 0 Å². The van der Waals surface area contributed by atoms with Crippen LogP contribution in [0.4, 0.5) is 0 Å². The van der Waals surface area contributed by atoms with Crippen LogP contribution in [0.1, 0.15) is 18.7 Å². The molecule has 2 aromatic heterocycles. The second-order valence-corrected chi connectivity index (χ2v) is 7.47. The smallest absolute Gasteiger partial charge is 0.192 e. The van der Waals surface area contributed by atoms with Crippen LogP contribution in [0.25, 0.3) is 11.4 Å². The van der Waals surface area contributed by atoms with E-state index in [2.05, 4.69) is 19.7 Å². The van der Waals surface area contributed by atoms with E-state index in [-0.39, 0.29) is 6.10 Å². The maximum Gasteiger partial charge on any atom is 0.192 e. The van der Waals surface area contributed by atoms with Gasteiger partial charge in [-0.2, -0.15) is 0 Å². The van der Waals surface area contributed by atoms with Crippen molar-refractivity contribution in [2.75, 3.05) is 13.7 Å². The predicted molar refractivity (Wildman–Crippen MR) is 104 cm³/mol. The molecule has 27 heavy (non-hydrogen) atoms. The number of methoxy groups -OCH3 is 1. The first-order chi connectivity index (χ1) is 13.2. The van der Waals surface area contributed by atoms with E-state index in [1.165, 1.54) is 0 Å². The number of nitrogens with zero attached hydrogens (tertiary/aromatic N) is 5. The van der Waals surface area contributed by atoms with E-state index in [1.54, 1.807) is 18.9 Å². The topological polar surface area (TPSA) is 67.0 Å². The lowest BCUT2D eigenvalue weighted by Gasteiger charge is -2.15. The number of imidazole rings is 1. The SMILES string of the molecule is COc1ccc(-c2nnc(SCc3nccn3C)n2C[C@@H]2CCCO2)cc1. The quantitative estimate of drug-likeness (QED) is 0.582. The highest BCUT2D eigenvalue weighted by atomic mass is 32.2. The van der Waals surface area contributed by atoms with Crippen molar-refractivity contribution in [1.29, 1.82) is 0 Å². The number of ether oxygens (including phenoxy) is 2. The lowest BCUT2D eigenvalue weighted by atomic mass is 10.2. The summed E-state index contributed by atoms with van der Waals surface area (Å²) in [6.45, 7) is 1.59. The molecule has 1 fully saturated rings. The predicted octanol–water partition coefficient (Wildman–Crippen LogP) is 3.16. The molecule has 8 heteroatoms. The molecule has 1 aliphatic rings. The number of aromatic nitrogens is 5. The number of thioether (sulfide) groups is 1. The van der Waals surface area contributed by atoms with E-state index in [0.717, 1.165) is 59.9 Å². The Kier molecular flexibility index (Phi) is 5.45. The number of benzene rings is 1. The molecule has 7 nitrogen and oxygen atoms in total. The Morgan fingerprint density at radius 2 is 2.11 bits per heavy atom. The molecular weight excluding hydrogens is 362 g/mol. The molecule has 0 aliphatic carbocycles. The van der Waals surface area contributed by atoms with Crippen molar-refractivity contribution in [2.24, 2.45) is 7.05 Å². The first kappa shape index (κ1) is 18.1. The number of rotatable bonds is 7. The molecule has 1 atom stereocenters. The molecular formula is C19H23N5O2S. The van der Waals surface area contributed by atoms with E-state index in [4.69, 9.17) is 9.47 Å². The fourth-order valence-electron chi connectivity index (χ4n) is 3.17. The zero-order chi connectivity index (χ0) is 18.6. The maximum atomic E-state index is 5.86. The van der Waals surface area contributed by atoms with Gasteiger partial charge in [-0.05, 0) is 37.1 Å². The minimum atomic E-state index is 0.213. The van der Waals surface area contributed by atoms with E-state index < -0.39 is 0 Å². The third-order valence-electron chi connectivity index (χ3n) is 4.73. The molecule has 1 aromatic carbocycles. The van der Waals surface area contributed by atoms with Crippen molar-refractivity contribution in [1.82, 2.24) is 24.3 Å². The molecule has 4 rings (SSSR count). The van der Waals surface area contributed by atoms with Crippen LogP contribution in [0.15, 0.2) is 41.8 Å². The summed E-state index contributed by atoms with van der Waals surface area (Å²) in [5.41, 5.74) is 1.02. The van der Waals surface area contributed by atoms with Crippen molar-refractivity contribution in [3.63, 3.8) is 0 Å². The lowest BCUT2D eigenvalue weighted by Crippen LogP contribution is -2.16. The molecule has 1 aliphatic heterocycles. The second-order valence-electron chi connectivity index (χ2n) is 6.52. The van der Waals surface area contributed by atoms with Crippen LogP contribution < -0.4 is 4.74 Å². The Balaban J connectivity index is 1.61. The van der Waals surface area contributed by atoms with Gasteiger partial charge in [0.2, 0.25) is 0 Å². The molecule has 3 heterocycles. The lowest BCUT2D eigenvalue weighted by molar-refractivity contribution is 0.0953. The third kappa shape index (κ3) is 4.01. The summed E-state index contributed by atoms with van der Waals surface area (Å²) in [6, 6.07) is 7.92. The third-order valence-corrected chi connectivity index (χ3v) is 5.69. The fourth-order valence-corrected chi connectivity index (χ4v) is 4.12. The van der Waals surface area contributed by atoms with Crippen molar-refractivity contribution >= 4 is 11.8 Å². The Bertz CT molecular complexity index is 884. The van der Waals surface area contributed by atoms with Gasteiger partial charge in [-0.3, -0.25) is 4.57 Å². The Labute approximate surface area is 162 Å². The standard InChI is InChI=1S/C19H23N5O2S/c1-23-10-9-20-17(23)13-27-19-22-21-18(14-5-7-15(25-2)8-6-14)24(19)12-16-4-3-11-26-16/h5-10,16H,3-4,11-13H2,1-2H3/t16-/m0/s1. The molecule has 3 aromatic rings. The highest BCUT2D eigenvalue weighted by Gasteiger charge is 2.22. The molecule has 0 bridgehead atoms.